The molecule has 3 aromatic rings. The molecule has 0 aliphatic heterocycles. The van der Waals surface area contributed by atoms with Gasteiger partial charge >= 0.3 is 5.97 Å². The number of aliphatic carboxylic acids is 1. The normalized spacial score (nSPS) is 13.9. The van der Waals surface area contributed by atoms with Crippen LogP contribution in [0.5, 0.6) is 11.5 Å². The molecule has 0 saturated carbocycles. The Hall–Kier alpha value is -3.57. The van der Waals surface area contributed by atoms with Gasteiger partial charge in [-0.25, -0.2) is 4.79 Å². The van der Waals surface area contributed by atoms with Gasteiger partial charge in [-0.3, -0.25) is 0 Å². The van der Waals surface area contributed by atoms with Crippen LogP contribution in [0.15, 0.2) is 72.8 Å². The molecule has 1 unspecified atom stereocenters. The molecule has 0 fully saturated rings. The zero-order chi connectivity index (χ0) is 23.9. The largest absolute Gasteiger partial charge is 0.494 e. The molecule has 34 heavy (non-hydrogen) atoms. The molecule has 3 aromatic carbocycles. The van der Waals surface area contributed by atoms with E-state index in [4.69, 9.17) is 14.2 Å². The molecule has 1 atom stereocenters. The quantitative estimate of drug-likeness (QED) is 0.299. The molecule has 0 saturated heterocycles. The summed E-state index contributed by atoms with van der Waals surface area (Å²) in [5.74, 6) is 0.659. The fourth-order valence-corrected chi connectivity index (χ4v) is 4.18. The summed E-state index contributed by atoms with van der Waals surface area (Å²) in [5.41, 5.74) is 6.81. The highest BCUT2D eigenvalue weighted by Gasteiger charge is 2.23. The molecule has 0 radical (unpaired) electrons. The van der Waals surface area contributed by atoms with Crippen LogP contribution in [0.4, 0.5) is 0 Å². The Balaban J connectivity index is 1.48. The van der Waals surface area contributed by atoms with E-state index in [1.54, 1.807) is 6.92 Å². The summed E-state index contributed by atoms with van der Waals surface area (Å²) in [4.78, 5) is 11.3. The third-order valence-electron chi connectivity index (χ3n) is 5.79. The second-order valence-electron chi connectivity index (χ2n) is 8.16. The van der Waals surface area contributed by atoms with Gasteiger partial charge in [0.1, 0.15) is 18.1 Å². The maximum atomic E-state index is 11.3. The van der Waals surface area contributed by atoms with Crippen molar-refractivity contribution in [1.29, 1.82) is 0 Å². The lowest BCUT2D eigenvalue weighted by atomic mass is 10.0. The molecule has 0 amide bonds. The Morgan fingerprint density at radius 3 is 2.29 bits per heavy atom. The van der Waals surface area contributed by atoms with Gasteiger partial charge in [0.2, 0.25) is 0 Å². The summed E-state index contributed by atoms with van der Waals surface area (Å²) in [6, 6.07) is 22.2. The molecule has 5 heteroatoms. The smallest absolute Gasteiger partial charge is 0.333 e. The van der Waals surface area contributed by atoms with Crippen LogP contribution in [0, 0.1) is 0 Å². The predicted molar refractivity (Wildman–Crippen MR) is 133 cm³/mol. The Morgan fingerprint density at radius 1 is 0.882 bits per heavy atom. The Bertz CT molecular complexity index is 1160. The van der Waals surface area contributed by atoms with E-state index in [-0.39, 0.29) is 0 Å². The molecule has 4 rings (SSSR count). The predicted octanol–water partition coefficient (Wildman–Crippen LogP) is 6.00. The standard InChI is InChI=1S/C29H30O5/c1-3-16-33-22-13-14-25-23-7-5-6-8-24(23)26(27(25)19-22)15-17-34-21-11-9-20(10-12-21)18-28(29(30)31)32-4-2/h5-15,19,28H,3-4,16-18H2,1-2H3,(H,30,31)/b26-15-. The summed E-state index contributed by atoms with van der Waals surface area (Å²) >= 11 is 0. The van der Waals surface area contributed by atoms with Gasteiger partial charge in [-0.1, -0.05) is 49.4 Å². The topological polar surface area (TPSA) is 65.0 Å². The highest BCUT2D eigenvalue weighted by molar-refractivity contribution is 6.01. The number of ether oxygens (including phenoxy) is 3. The minimum Gasteiger partial charge on any atom is -0.494 e. The van der Waals surface area contributed by atoms with Crippen molar-refractivity contribution in [2.75, 3.05) is 19.8 Å². The lowest BCUT2D eigenvalue weighted by Gasteiger charge is -2.13. The third kappa shape index (κ3) is 5.32. The van der Waals surface area contributed by atoms with E-state index in [0.29, 0.717) is 26.2 Å². The molecule has 0 aromatic heterocycles. The van der Waals surface area contributed by atoms with E-state index in [9.17, 15) is 9.90 Å². The highest BCUT2D eigenvalue weighted by Crippen LogP contribution is 2.45. The number of hydrogen-bond donors (Lipinski definition) is 1. The third-order valence-corrected chi connectivity index (χ3v) is 5.79. The van der Waals surface area contributed by atoms with E-state index in [2.05, 4.69) is 49.4 Å². The average Bonchev–Trinajstić information content (AvgIpc) is 3.16. The van der Waals surface area contributed by atoms with Crippen LogP contribution in [-0.2, 0) is 16.0 Å². The zero-order valence-electron chi connectivity index (χ0n) is 19.6. The molecule has 5 nitrogen and oxygen atoms in total. The summed E-state index contributed by atoms with van der Waals surface area (Å²) < 4.78 is 17.2. The summed E-state index contributed by atoms with van der Waals surface area (Å²) in [6.07, 6.45) is 2.56. The first kappa shape index (κ1) is 23.6. The fraction of sp³-hybridized carbons (Fsp3) is 0.276. The van der Waals surface area contributed by atoms with Crippen molar-refractivity contribution in [2.45, 2.75) is 32.8 Å². The first-order chi connectivity index (χ1) is 16.6. The van der Waals surface area contributed by atoms with Crippen molar-refractivity contribution in [3.8, 4) is 22.6 Å². The first-order valence-electron chi connectivity index (χ1n) is 11.7. The number of carbonyl (C=O) groups is 1. The monoisotopic (exact) mass is 458 g/mol. The van der Waals surface area contributed by atoms with E-state index in [0.717, 1.165) is 34.6 Å². The van der Waals surface area contributed by atoms with Crippen LogP contribution in [0.1, 0.15) is 37.0 Å². The molecule has 0 spiro atoms. The van der Waals surface area contributed by atoms with E-state index in [1.807, 2.05) is 30.3 Å². The van der Waals surface area contributed by atoms with Crippen molar-refractivity contribution in [1.82, 2.24) is 0 Å². The fourth-order valence-electron chi connectivity index (χ4n) is 4.18. The summed E-state index contributed by atoms with van der Waals surface area (Å²) in [7, 11) is 0. The molecule has 0 heterocycles. The van der Waals surface area contributed by atoms with Gasteiger partial charge in [-0.15, -0.1) is 0 Å². The van der Waals surface area contributed by atoms with Crippen LogP contribution >= 0.6 is 0 Å². The zero-order valence-corrected chi connectivity index (χ0v) is 19.6. The maximum absolute atomic E-state index is 11.3. The van der Waals surface area contributed by atoms with Crippen molar-refractivity contribution in [2.24, 2.45) is 0 Å². The van der Waals surface area contributed by atoms with Gasteiger partial charge in [0.25, 0.3) is 0 Å². The Labute approximate surface area is 200 Å². The van der Waals surface area contributed by atoms with Crippen LogP contribution in [-0.4, -0.2) is 37.0 Å². The second-order valence-corrected chi connectivity index (χ2v) is 8.16. The van der Waals surface area contributed by atoms with Crippen molar-refractivity contribution >= 4 is 11.5 Å². The van der Waals surface area contributed by atoms with Gasteiger partial charge < -0.3 is 19.3 Å². The summed E-state index contributed by atoms with van der Waals surface area (Å²) in [6.45, 7) is 5.37. The number of hydrogen-bond acceptors (Lipinski definition) is 4. The highest BCUT2D eigenvalue weighted by atomic mass is 16.5. The Kier molecular flexibility index (Phi) is 7.65. The summed E-state index contributed by atoms with van der Waals surface area (Å²) in [5, 5.41) is 9.28. The molecule has 1 N–H and O–H groups in total. The average molecular weight is 459 g/mol. The number of carboxylic acids is 1. The van der Waals surface area contributed by atoms with E-state index < -0.39 is 12.1 Å². The SMILES string of the molecule is CCCOc1ccc2c(c1)/C(=C\COc1ccc(CC(OCC)C(=O)O)cc1)c1ccccc1-2. The molecular formula is C29H30O5. The molecule has 176 valence electrons. The van der Waals surface area contributed by atoms with Crippen LogP contribution in [0.2, 0.25) is 0 Å². The van der Waals surface area contributed by atoms with Gasteiger partial charge in [0, 0.05) is 13.0 Å². The lowest BCUT2D eigenvalue weighted by molar-refractivity contribution is -0.149. The number of fused-ring (bicyclic) bond motifs is 3. The molecule has 1 aliphatic carbocycles. The molecule has 1 aliphatic rings. The minimum atomic E-state index is -0.950. The van der Waals surface area contributed by atoms with Crippen molar-refractivity contribution < 1.29 is 24.1 Å². The van der Waals surface area contributed by atoms with Crippen molar-refractivity contribution in [3.05, 3.63) is 89.5 Å². The second kappa shape index (κ2) is 11.0. The minimum absolute atomic E-state index is 0.323. The number of benzene rings is 3. The molecule has 0 bridgehead atoms. The van der Waals surface area contributed by atoms with E-state index in [1.165, 1.54) is 16.7 Å². The van der Waals surface area contributed by atoms with Gasteiger partial charge in [0.15, 0.2) is 6.10 Å². The maximum Gasteiger partial charge on any atom is 0.333 e. The van der Waals surface area contributed by atoms with Gasteiger partial charge in [-0.2, -0.15) is 0 Å². The van der Waals surface area contributed by atoms with Gasteiger partial charge in [0.05, 0.1) is 6.61 Å². The number of carboxylic acid groups (broad SMARTS) is 1. The Morgan fingerprint density at radius 2 is 1.59 bits per heavy atom. The molecular weight excluding hydrogens is 428 g/mol. The number of rotatable bonds is 11. The van der Waals surface area contributed by atoms with E-state index >= 15 is 0 Å². The lowest BCUT2D eigenvalue weighted by Crippen LogP contribution is -2.26. The van der Waals surface area contributed by atoms with Crippen LogP contribution < -0.4 is 9.47 Å². The van der Waals surface area contributed by atoms with Crippen LogP contribution in [0.25, 0.3) is 16.7 Å². The van der Waals surface area contributed by atoms with Gasteiger partial charge in [-0.05, 0) is 77.1 Å². The first-order valence-corrected chi connectivity index (χ1v) is 11.7. The van der Waals surface area contributed by atoms with Crippen LogP contribution in [0.3, 0.4) is 0 Å². The van der Waals surface area contributed by atoms with Crippen molar-refractivity contribution in [3.63, 3.8) is 0 Å².